The molecule has 0 saturated heterocycles. The Morgan fingerprint density at radius 2 is 2.06 bits per heavy atom. The molecule has 1 aromatic carbocycles. The molecule has 2 aromatic rings. The number of rotatable bonds is 7. The van der Waals surface area contributed by atoms with E-state index in [2.05, 4.69) is 21.8 Å². The van der Waals surface area contributed by atoms with Crippen LogP contribution in [0, 0.1) is 0 Å². The summed E-state index contributed by atoms with van der Waals surface area (Å²) < 4.78 is 44.3. The van der Waals surface area contributed by atoms with Crippen molar-refractivity contribution in [3.05, 3.63) is 68.9 Å². The third-order valence-electron chi connectivity index (χ3n) is 6.51. The Bertz CT molecular complexity index is 1240. The normalized spacial score (nSPS) is 21.5. The molecule has 1 saturated carbocycles. The van der Waals surface area contributed by atoms with Crippen molar-refractivity contribution in [2.45, 2.75) is 82.8 Å². The predicted octanol–water partition coefficient (Wildman–Crippen LogP) is 4.27. The van der Waals surface area contributed by atoms with E-state index in [9.17, 15) is 17.6 Å². The molecule has 33 heavy (non-hydrogen) atoms. The van der Waals surface area contributed by atoms with Crippen LogP contribution in [-0.4, -0.2) is 29.0 Å². The maximum absolute atomic E-state index is 14.6. The lowest BCUT2D eigenvalue weighted by molar-refractivity contribution is 0.372. The highest BCUT2D eigenvalue weighted by Crippen LogP contribution is 2.45. The minimum atomic E-state index is -4.13. The average molecular weight is 474 g/mol. The van der Waals surface area contributed by atoms with E-state index in [-0.39, 0.29) is 24.4 Å². The largest absolute Gasteiger partial charge is 0.296 e. The van der Waals surface area contributed by atoms with Gasteiger partial charge in [0.1, 0.15) is 0 Å². The zero-order chi connectivity index (χ0) is 24.0. The third kappa shape index (κ3) is 4.82. The first-order valence-corrected chi connectivity index (χ1v) is 13.0. The Morgan fingerprint density at radius 3 is 2.70 bits per heavy atom. The minimum absolute atomic E-state index is 0.0166. The molecule has 6 nitrogen and oxygen atoms in total. The lowest BCUT2D eigenvalue weighted by Crippen LogP contribution is -2.48. The van der Waals surface area contributed by atoms with E-state index in [1.807, 2.05) is 45.9 Å². The molecule has 178 valence electrons. The number of alkyl halides is 1. The summed E-state index contributed by atoms with van der Waals surface area (Å²) >= 11 is 0. The Labute approximate surface area is 195 Å². The van der Waals surface area contributed by atoms with E-state index in [0.29, 0.717) is 30.5 Å². The summed E-state index contributed by atoms with van der Waals surface area (Å²) in [5.41, 5.74) is 4.31. The van der Waals surface area contributed by atoms with Crippen LogP contribution in [0.2, 0.25) is 0 Å². The van der Waals surface area contributed by atoms with Gasteiger partial charge in [-0.1, -0.05) is 35.9 Å². The molecule has 1 fully saturated rings. The first-order chi connectivity index (χ1) is 15.5. The van der Waals surface area contributed by atoms with Crippen LogP contribution in [0.25, 0.3) is 6.08 Å². The Kier molecular flexibility index (Phi) is 6.35. The van der Waals surface area contributed by atoms with Crippen molar-refractivity contribution in [3.8, 4) is 0 Å². The van der Waals surface area contributed by atoms with Gasteiger partial charge in [0, 0.05) is 36.4 Å². The van der Waals surface area contributed by atoms with Gasteiger partial charge < -0.3 is 0 Å². The Hall–Kier alpha value is -2.32. The summed E-state index contributed by atoms with van der Waals surface area (Å²) in [6, 6.07) is 7.37. The van der Waals surface area contributed by atoms with E-state index < -0.39 is 27.0 Å². The molecule has 2 aliphatic rings. The van der Waals surface area contributed by atoms with Crippen LogP contribution >= 0.6 is 0 Å². The maximum atomic E-state index is 14.6. The zero-order valence-corrected chi connectivity index (χ0v) is 20.5. The number of aryl methyl sites for hydroxylation is 1. The molecule has 0 radical (unpaired) electrons. The molecule has 0 bridgehead atoms. The second-order valence-corrected chi connectivity index (χ2v) is 11.8. The first kappa shape index (κ1) is 23.8. The Morgan fingerprint density at radius 1 is 1.33 bits per heavy atom. The second-order valence-electron chi connectivity index (χ2n) is 9.84. The first-order valence-electron chi connectivity index (χ1n) is 11.6. The topological polar surface area (TPSA) is 81.1 Å². The van der Waals surface area contributed by atoms with Crippen LogP contribution in [0.1, 0.15) is 81.3 Å². The molecular weight excluding hydrogens is 441 g/mol. The van der Waals surface area contributed by atoms with E-state index >= 15 is 0 Å². The lowest BCUT2D eigenvalue weighted by atomic mass is 9.78. The van der Waals surface area contributed by atoms with Gasteiger partial charge in [-0.3, -0.25) is 9.36 Å². The van der Waals surface area contributed by atoms with Crippen molar-refractivity contribution in [2.75, 3.05) is 0 Å². The lowest BCUT2D eigenvalue weighted by Gasteiger charge is -2.34. The molecule has 4 rings (SSSR count). The van der Waals surface area contributed by atoms with Crippen LogP contribution in [0.15, 0.2) is 41.0 Å². The number of aromatic nitrogens is 2. The molecule has 0 unspecified atom stereocenters. The van der Waals surface area contributed by atoms with Gasteiger partial charge in [0.25, 0.3) is 5.56 Å². The third-order valence-corrected chi connectivity index (χ3v) is 8.50. The molecule has 0 spiro atoms. The van der Waals surface area contributed by atoms with Gasteiger partial charge in [0.2, 0.25) is 15.0 Å². The Balaban J connectivity index is 1.77. The number of sulfonamides is 1. The number of hydrogen-bond acceptors (Lipinski definition) is 4. The SMILES string of the molecule is CC(C)=Cc1cccc(C[C@@H]2c3c(ncn(C(C)C)c3=O)CC[C@@H]2NS(=O)(=O)C2(F)CC2)c1. The van der Waals surface area contributed by atoms with Crippen molar-refractivity contribution in [2.24, 2.45) is 0 Å². The van der Waals surface area contributed by atoms with E-state index in [0.717, 1.165) is 11.1 Å². The monoisotopic (exact) mass is 473 g/mol. The highest BCUT2D eigenvalue weighted by Gasteiger charge is 2.56. The molecule has 2 aliphatic carbocycles. The van der Waals surface area contributed by atoms with Crippen molar-refractivity contribution in [3.63, 3.8) is 0 Å². The molecule has 2 atom stereocenters. The fourth-order valence-electron chi connectivity index (χ4n) is 4.61. The number of hydrogen-bond donors (Lipinski definition) is 1. The average Bonchev–Trinajstić information content (AvgIpc) is 3.48. The summed E-state index contributed by atoms with van der Waals surface area (Å²) in [5, 5.41) is -2.19. The quantitative estimate of drug-likeness (QED) is 0.651. The van der Waals surface area contributed by atoms with Crippen LogP contribution in [-0.2, 0) is 22.9 Å². The number of halogens is 1. The van der Waals surface area contributed by atoms with Gasteiger partial charge in [0.15, 0.2) is 0 Å². The van der Waals surface area contributed by atoms with Gasteiger partial charge >= 0.3 is 0 Å². The highest BCUT2D eigenvalue weighted by atomic mass is 32.2. The van der Waals surface area contributed by atoms with Crippen molar-refractivity contribution >= 4 is 16.1 Å². The smallest absolute Gasteiger partial charge is 0.257 e. The van der Waals surface area contributed by atoms with E-state index in [1.165, 1.54) is 5.57 Å². The maximum Gasteiger partial charge on any atom is 0.257 e. The number of fused-ring (bicyclic) bond motifs is 1. The number of allylic oxidation sites excluding steroid dienone is 1. The standard InChI is InChI=1S/C25H32FN3O3S/c1-16(2)12-18-6-5-7-19(13-18)14-20-21(28-33(31,32)25(26)10-11-25)8-9-22-23(20)24(30)29(15-27-22)17(3)4/h5-7,12-13,15,17,20-21,28H,8-11,14H2,1-4H3/t20-,21-/m0/s1. The predicted molar refractivity (Wildman–Crippen MR) is 128 cm³/mol. The van der Waals surface area contributed by atoms with Crippen molar-refractivity contribution < 1.29 is 12.8 Å². The summed E-state index contributed by atoms with van der Waals surface area (Å²) in [4.78, 5) is 18.0. The highest BCUT2D eigenvalue weighted by molar-refractivity contribution is 7.91. The summed E-state index contributed by atoms with van der Waals surface area (Å²) in [6.07, 6.45) is 5.09. The zero-order valence-electron chi connectivity index (χ0n) is 19.6. The van der Waals surface area contributed by atoms with Gasteiger partial charge in [-0.05, 0) is 58.1 Å². The number of nitrogens with zero attached hydrogens (tertiary/aromatic N) is 2. The second kappa shape index (κ2) is 8.80. The van der Waals surface area contributed by atoms with Gasteiger partial charge in [-0.25, -0.2) is 22.5 Å². The van der Waals surface area contributed by atoms with E-state index in [1.54, 1.807) is 10.9 Å². The fraction of sp³-hybridized carbons (Fsp3) is 0.520. The molecule has 0 aliphatic heterocycles. The van der Waals surface area contributed by atoms with Crippen molar-refractivity contribution in [1.82, 2.24) is 14.3 Å². The van der Waals surface area contributed by atoms with Gasteiger partial charge in [-0.15, -0.1) is 0 Å². The van der Waals surface area contributed by atoms with Crippen LogP contribution < -0.4 is 10.3 Å². The molecule has 8 heteroatoms. The van der Waals surface area contributed by atoms with Crippen LogP contribution in [0.3, 0.4) is 0 Å². The minimum Gasteiger partial charge on any atom is -0.296 e. The van der Waals surface area contributed by atoms with Gasteiger partial charge in [0.05, 0.1) is 12.0 Å². The summed E-state index contributed by atoms with van der Waals surface area (Å²) in [6.45, 7) is 7.88. The molecule has 0 amide bonds. The van der Waals surface area contributed by atoms with E-state index in [4.69, 9.17) is 0 Å². The molecular formula is C25H32FN3O3S. The summed E-state index contributed by atoms with van der Waals surface area (Å²) in [7, 11) is -4.13. The molecule has 1 heterocycles. The number of nitrogens with one attached hydrogen (secondary N) is 1. The van der Waals surface area contributed by atoms with Crippen LogP contribution in [0.4, 0.5) is 4.39 Å². The number of benzene rings is 1. The van der Waals surface area contributed by atoms with Crippen molar-refractivity contribution in [1.29, 1.82) is 0 Å². The molecule has 1 N–H and O–H groups in total. The summed E-state index contributed by atoms with van der Waals surface area (Å²) in [5.74, 6) is -0.431. The fourth-order valence-corrected chi connectivity index (χ4v) is 6.14. The van der Waals surface area contributed by atoms with Crippen LogP contribution in [0.5, 0.6) is 0 Å². The van der Waals surface area contributed by atoms with Gasteiger partial charge in [-0.2, -0.15) is 0 Å². The molecule has 1 aromatic heterocycles.